The zero-order valence-corrected chi connectivity index (χ0v) is 21.6. The highest BCUT2D eigenvalue weighted by atomic mass is 28.4. The van der Waals surface area contributed by atoms with E-state index in [2.05, 4.69) is 47.7 Å². The van der Waals surface area contributed by atoms with Gasteiger partial charge in [-0.3, -0.25) is 14.4 Å². The highest BCUT2D eigenvalue weighted by Gasteiger charge is 2.62. The van der Waals surface area contributed by atoms with Crippen molar-refractivity contribution in [2.45, 2.75) is 111 Å². The van der Waals surface area contributed by atoms with E-state index in [9.17, 15) is 19.5 Å². The Labute approximate surface area is 183 Å². The second-order valence-corrected chi connectivity index (χ2v) is 17.2. The minimum Gasteiger partial charge on any atom is -0.407 e. The van der Waals surface area contributed by atoms with Gasteiger partial charge in [0.25, 0.3) is 0 Å². The van der Waals surface area contributed by atoms with Crippen LogP contribution < -0.4 is 0 Å². The topological polar surface area (TPSA) is 80.7 Å². The van der Waals surface area contributed by atoms with E-state index < -0.39 is 37.1 Å². The summed E-state index contributed by atoms with van der Waals surface area (Å²) in [7, 11) is -2.22. The first-order chi connectivity index (χ1) is 13.2. The lowest BCUT2D eigenvalue weighted by Crippen LogP contribution is -2.62. The Hall–Kier alpha value is -0.853. The molecule has 4 atom stereocenters. The molecule has 2 aliphatic carbocycles. The Morgan fingerprint density at radius 1 is 1.13 bits per heavy atom. The molecular formula is C24H42O5Si. The summed E-state index contributed by atoms with van der Waals surface area (Å²) >= 11 is 0. The van der Waals surface area contributed by atoms with Crippen molar-refractivity contribution in [3.63, 3.8) is 0 Å². The predicted octanol–water partition coefficient (Wildman–Crippen LogP) is 4.71. The molecule has 30 heavy (non-hydrogen) atoms. The lowest BCUT2D eigenvalue weighted by molar-refractivity contribution is -0.170. The van der Waals surface area contributed by atoms with Crippen molar-refractivity contribution in [1.82, 2.24) is 0 Å². The Morgan fingerprint density at radius 2 is 1.67 bits per heavy atom. The summed E-state index contributed by atoms with van der Waals surface area (Å²) in [4.78, 5) is 39.7. The highest BCUT2D eigenvalue weighted by molar-refractivity contribution is 6.74. The molecule has 0 saturated heterocycles. The van der Waals surface area contributed by atoms with Gasteiger partial charge in [0.05, 0.1) is 0 Å². The second-order valence-electron chi connectivity index (χ2n) is 12.5. The first-order valence-corrected chi connectivity index (χ1v) is 14.2. The number of ketones is 3. The lowest BCUT2D eigenvalue weighted by atomic mass is 9.46. The third-order valence-electron chi connectivity index (χ3n) is 8.41. The van der Waals surface area contributed by atoms with Crippen LogP contribution in [-0.4, -0.2) is 42.5 Å². The molecular weight excluding hydrogens is 396 g/mol. The Kier molecular flexibility index (Phi) is 6.46. The van der Waals surface area contributed by atoms with Crippen molar-refractivity contribution in [1.29, 1.82) is 0 Å². The maximum atomic E-state index is 13.7. The van der Waals surface area contributed by atoms with E-state index in [-0.39, 0.29) is 34.4 Å². The molecule has 5 nitrogen and oxygen atoms in total. The summed E-state index contributed by atoms with van der Waals surface area (Å²) < 4.78 is 6.58. The SMILES string of the molecule is CC(C)(O)C(=O)C[C@H]1C(=O)[C@H](O[Si](C)(C)C(C)(C)C)C[C@@H]2C(C)(C)CCC(=O)[C@@]21C. The van der Waals surface area contributed by atoms with Crippen molar-refractivity contribution in [2.24, 2.45) is 22.7 Å². The van der Waals surface area contributed by atoms with Gasteiger partial charge in [-0.15, -0.1) is 0 Å². The van der Waals surface area contributed by atoms with Gasteiger partial charge in [0.1, 0.15) is 17.5 Å². The molecule has 0 aromatic carbocycles. The van der Waals surface area contributed by atoms with Crippen molar-refractivity contribution in [3.8, 4) is 0 Å². The lowest BCUT2D eigenvalue weighted by Gasteiger charge is -2.57. The zero-order valence-electron chi connectivity index (χ0n) is 20.6. The Morgan fingerprint density at radius 3 is 2.13 bits per heavy atom. The number of carbonyl (C=O) groups excluding carboxylic acids is 3. The average Bonchev–Trinajstić information content (AvgIpc) is 2.55. The van der Waals surface area contributed by atoms with Gasteiger partial charge in [-0.25, -0.2) is 0 Å². The van der Waals surface area contributed by atoms with Crippen molar-refractivity contribution >= 4 is 25.7 Å². The molecule has 0 bridgehead atoms. The fourth-order valence-corrected chi connectivity index (χ4v) is 6.40. The van der Waals surface area contributed by atoms with E-state index in [0.717, 1.165) is 6.42 Å². The molecule has 0 radical (unpaired) electrons. The first kappa shape index (κ1) is 25.4. The van der Waals surface area contributed by atoms with E-state index in [4.69, 9.17) is 4.43 Å². The minimum absolute atomic E-state index is 0.0432. The summed E-state index contributed by atoms with van der Waals surface area (Å²) in [5, 5.41) is 10.2. The third kappa shape index (κ3) is 4.37. The van der Waals surface area contributed by atoms with Crippen LogP contribution in [0.4, 0.5) is 0 Å². The van der Waals surface area contributed by atoms with Crippen LogP contribution in [0, 0.1) is 22.7 Å². The number of carbonyl (C=O) groups is 3. The van der Waals surface area contributed by atoms with Crippen LogP contribution in [0.5, 0.6) is 0 Å². The Balaban J connectivity index is 2.53. The molecule has 6 heteroatoms. The van der Waals surface area contributed by atoms with Crippen molar-refractivity contribution in [2.75, 3.05) is 0 Å². The monoisotopic (exact) mass is 438 g/mol. The molecule has 2 fully saturated rings. The number of hydrogen-bond donors (Lipinski definition) is 1. The number of fused-ring (bicyclic) bond motifs is 1. The summed E-state index contributed by atoms with van der Waals surface area (Å²) in [6.07, 6.45) is 1.00. The molecule has 0 amide bonds. The molecule has 0 unspecified atom stereocenters. The van der Waals surface area contributed by atoms with Gasteiger partial charge < -0.3 is 9.53 Å². The van der Waals surface area contributed by atoms with Gasteiger partial charge in [0.2, 0.25) is 0 Å². The van der Waals surface area contributed by atoms with Gasteiger partial charge >= 0.3 is 0 Å². The second kappa shape index (κ2) is 7.63. The van der Waals surface area contributed by atoms with Crippen LogP contribution >= 0.6 is 0 Å². The highest BCUT2D eigenvalue weighted by Crippen LogP contribution is 2.59. The van der Waals surface area contributed by atoms with Gasteiger partial charge in [-0.05, 0) is 56.2 Å². The van der Waals surface area contributed by atoms with Crippen molar-refractivity contribution < 1.29 is 23.9 Å². The largest absolute Gasteiger partial charge is 0.407 e. The van der Waals surface area contributed by atoms with Crippen LogP contribution in [0.15, 0.2) is 0 Å². The predicted molar refractivity (Wildman–Crippen MR) is 121 cm³/mol. The molecule has 0 aromatic heterocycles. The van der Waals surface area contributed by atoms with Crippen LogP contribution in [-0.2, 0) is 18.8 Å². The van der Waals surface area contributed by atoms with Gasteiger partial charge in [-0.2, -0.15) is 0 Å². The molecule has 0 heterocycles. The number of rotatable bonds is 5. The molecule has 2 rings (SSSR count). The molecule has 0 aliphatic heterocycles. The summed E-state index contributed by atoms with van der Waals surface area (Å²) in [6, 6.07) is 0. The zero-order chi connectivity index (χ0) is 23.5. The molecule has 0 aromatic rings. The first-order valence-electron chi connectivity index (χ1n) is 11.3. The van der Waals surface area contributed by atoms with E-state index in [1.807, 2.05) is 6.92 Å². The van der Waals surface area contributed by atoms with E-state index in [0.29, 0.717) is 12.8 Å². The summed E-state index contributed by atoms with van der Waals surface area (Å²) in [5.74, 6) is -1.26. The summed E-state index contributed by atoms with van der Waals surface area (Å²) in [6.45, 7) is 19.8. The van der Waals surface area contributed by atoms with Crippen LogP contribution in [0.25, 0.3) is 0 Å². The minimum atomic E-state index is -2.22. The van der Waals surface area contributed by atoms with Crippen LogP contribution in [0.2, 0.25) is 18.1 Å². The van der Waals surface area contributed by atoms with Crippen LogP contribution in [0.1, 0.15) is 81.1 Å². The van der Waals surface area contributed by atoms with E-state index in [1.54, 1.807) is 0 Å². The number of hydrogen-bond acceptors (Lipinski definition) is 5. The Bertz CT molecular complexity index is 725. The van der Waals surface area contributed by atoms with Gasteiger partial charge in [0, 0.05) is 24.2 Å². The van der Waals surface area contributed by atoms with Gasteiger partial charge in [-0.1, -0.05) is 41.5 Å². The summed E-state index contributed by atoms with van der Waals surface area (Å²) in [5.41, 5.74) is -2.56. The molecule has 1 N–H and O–H groups in total. The van der Waals surface area contributed by atoms with E-state index in [1.165, 1.54) is 13.8 Å². The maximum Gasteiger partial charge on any atom is 0.193 e. The third-order valence-corrected chi connectivity index (χ3v) is 12.9. The fraction of sp³-hybridized carbons (Fsp3) is 0.875. The standard InChI is InChI=1S/C24H42O5Si/c1-21(2,3)30(9,10)29-16-14-17-22(4,5)12-11-18(25)24(17,8)15(20(16)27)13-19(26)23(6,7)28/h15-17,28H,11-14H2,1-10H3/t15-,16+,17+,24+/m0/s1. The fourth-order valence-electron chi connectivity index (χ4n) is 5.12. The number of Topliss-reactive ketones (excluding diaryl/α,β-unsaturated/α-hetero) is 3. The van der Waals surface area contributed by atoms with E-state index >= 15 is 0 Å². The maximum absolute atomic E-state index is 13.7. The van der Waals surface area contributed by atoms with Crippen LogP contribution in [0.3, 0.4) is 0 Å². The molecule has 172 valence electrons. The smallest absolute Gasteiger partial charge is 0.193 e. The van der Waals surface area contributed by atoms with Gasteiger partial charge in [0.15, 0.2) is 19.9 Å². The molecule has 2 aliphatic rings. The molecule has 2 saturated carbocycles. The average molecular weight is 439 g/mol. The normalized spacial score (nSPS) is 32.7. The molecule has 0 spiro atoms. The quantitative estimate of drug-likeness (QED) is 0.629. The number of aliphatic hydroxyl groups is 1. The van der Waals surface area contributed by atoms with Crippen molar-refractivity contribution in [3.05, 3.63) is 0 Å².